The molecule has 0 N–H and O–H groups in total. The van der Waals surface area contributed by atoms with E-state index in [1.165, 1.54) is 0 Å². The van der Waals surface area contributed by atoms with E-state index in [1.807, 2.05) is 0 Å². The van der Waals surface area contributed by atoms with E-state index >= 15 is 0 Å². The van der Waals surface area contributed by atoms with Crippen LogP contribution in [0, 0.1) is 0 Å². The van der Waals surface area contributed by atoms with Crippen molar-refractivity contribution in [2.75, 3.05) is 19.6 Å². The Morgan fingerprint density at radius 2 is 2.06 bits per heavy atom. The Kier molecular flexibility index (Phi) is 6.57. The van der Waals surface area contributed by atoms with Crippen molar-refractivity contribution in [1.82, 2.24) is 14.7 Å². The van der Waals surface area contributed by atoms with E-state index in [9.17, 15) is 4.79 Å². The fourth-order valence-corrected chi connectivity index (χ4v) is 2.46. The molecule has 1 heterocycles. The Morgan fingerprint density at radius 3 is 2.61 bits per heavy atom. The molecule has 1 aromatic rings. The zero-order valence-corrected chi connectivity index (χ0v) is 13.0. The van der Waals surface area contributed by atoms with Crippen molar-refractivity contribution in [3.63, 3.8) is 0 Å². The van der Waals surface area contributed by atoms with Crippen LogP contribution in [0.5, 0.6) is 0 Å². The molecule has 0 radical (unpaired) electrons. The van der Waals surface area contributed by atoms with E-state index in [0.717, 1.165) is 37.1 Å². The monoisotopic (exact) mass is 315 g/mol. The number of Topliss-reactive ketones (excluding diaryl/α,β-unsaturated/α-hetero) is 1. The number of hydrogen-bond acceptors (Lipinski definition) is 3. The average molecular weight is 316 g/mol. The van der Waals surface area contributed by atoms with Crippen LogP contribution in [0.2, 0.25) is 0 Å². The van der Waals surface area contributed by atoms with E-state index in [0.29, 0.717) is 12.1 Å². The van der Waals surface area contributed by atoms with Crippen LogP contribution in [0.3, 0.4) is 0 Å². The third kappa shape index (κ3) is 3.92. The fourth-order valence-electron chi connectivity index (χ4n) is 1.94. The highest BCUT2D eigenvalue weighted by Gasteiger charge is 2.17. The molecule has 18 heavy (non-hydrogen) atoms. The van der Waals surface area contributed by atoms with Crippen LogP contribution in [0.15, 0.2) is 10.7 Å². The van der Waals surface area contributed by atoms with Gasteiger partial charge < -0.3 is 4.90 Å². The Hall–Kier alpha value is -0.680. The highest BCUT2D eigenvalue weighted by atomic mass is 79.9. The first kappa shape index (κ1) is 15.4. The van der Waals surface area contributed by atoms with Gasteiger partial charge in [0.1, 0.15) is 5.69 Å². The molecule has 102 valence electrons. The molecular weight excluding hydrogens is 294 g/mol. The quantitative estimate of drug-likeness (QED) is 0.692. The van der Waals surface area contributed by atoms with E-state index in [1.54, 1.807) is 10.9 Å². The highest BCUT2D eigenvalue weighted by molar-refractivity contribution is 9.10. The Labute approximate surface area is 117 Å². The molecular formula is C13H22BrN3O. The molecule has 4 nitrogen and oxygen atoms in total. The Morgan fingerprint density at radius 1 is 1.39 bits per heavy atom. The van der Waals surface area contributed by atoms with Crippen LogP contribution in [0.1, 0.15) is 44.1 Å². The molecule has 0 aliphatic carbocycles. The average Bonchev–Trinajstić information content (AvgIpc) is 2.72. The van der Waals surface area contributed by atoms with Crippen molar-refractivity contribution in [3.8, 4) is 0 Å². The van der Waals surface area contributed by atoms with Crippen LogP contribution in [0.25, 0.3) is 0 Å². The van der Waals surface area contributed by atoms with Gasteiger partial charge in [0.15, 0.2) is 5.78 Å². The number of aromatic nitrogens is 2. The number of carbonyl (C=O) groups excluding carboxylic acids is 1. The second-order valence-electron chi connectivity index (χ2n) is 4.26. The molecule has 1 rings (SSSR count). The van der Waals surface area contributed by atoms with Gasteiger partial charge in [0, 0.05) is 19.5 Å². The van der Waals surface area contributed by atoms with Crippen LogP contribution >= 0.6 is 15.9 Å². The summed E-state index contributed by atoms with van der Waals surface area (Å²) in [4.78, 5) is 14.5. The summed E-state index contributed by atoms with van der Waals surface area (Å²) in [5, 5.41) is 4.23. The first-order chi connectivity index (χ1) is 8.63. The van der Waals surface area contributed by atoms with Crippen molar-refractivity contribution in [3.05, 3.63) is 16.4 Å². The predicted octanol–water partition coefficient (Wildman–Crippen LogP) is 2.97. The zero-order valence-electron chi connectivity index (χ0n) is 11.4. The van der Waals surface area contributed by atoms with Crippen molar-refractivity contribution in [1.29, 1.82) is 0 Å². The summed E-state index contributed by atoms with van der Waals surface area (Å²) in [5.74, 6) is 0.166. The van der Waals surface area contributed by atoms with Crippen LogP contribution in [-0.2, 0) is 6.54 Å². The second-order valence-corrected chi connectivity index (χ2v) is 5.12. The summed E-state index contributed by atoms with van der Waals surface area (Å²) in [5.41, 5.74) is 0.712. The molecule has 0 saturated heterocycles. The topological polar surface area (TPSA) is 38.1 Å². The van der Waals surface area contributed by atoms with Gasteiger partial charge in [-0.2, -0.15) is 5.10 Å². The normalized spacial score (nSPS) is 11.2. The number of carbonyl (C=O) groups is 1. The van der Waals surface area contributed by atoms with Crippen LogP contribution in [-0.4, -0.2) is 40.1 Å². The first-order valence-electron chi connectivity index (χ1n) is 6.60. The van der Waals surface area contributed by atoms with E-state index in [4.69, 9.17) is 0 Å². The summed E-state index contributed by atoms with van der Waals surface area (Å²) in [7, 11) is 0. The molecule has 5 heteroatoms. The minimum atomic E-state index is 0.166. The van der Waals surface area contributed by atoms with Gasteiger partial charge >= 0.3 is 0 Å². The van der Waals surface area contributed by atoms with Gasteiger partial charge in [-0.15, -0.1) is 0 Å². The third-order valence-electron chi connectivity index (χ3n) is 3.04. The van der Waals surface area contributed by atoms with Gasteiger partial charge in [-0.1, -0.05) is 20.8 Å². The summed E-state index contributed by atoms with van der Waals surface area (Å²) >= 11 is 3.41. The molecule has 0 aliphatic heterocycles. The van der Waals surface area contributed by atoms with Crippen molar-refractivity contribution >= 4 is 21.7 Å². The number of ketones is 1. The number of hydrogen-bond donors (Lipinski definition) is 0. The smallest absolute Gasteiger partial charge is 0.183 e. The largest absolute Gasteiger partial charge is 0.303 e. The molecule has 0 aromatic carbocycles. The number of halogens is 1. The Bertz CT molecular complexity index is 386. The summed E-state index contributed by atoms with van der Waals surface area (Å²) in [6, 6.07) is 0. The summed E-state index contributed by atoms with van der Waals surface area (Å²) < 4.78 is 2.61. The molecule has 1 aromatic heterocycles. The van der Waals surface area contributed by atoms with E-state index < -0.39 is 0 Å². The standard InChI is InChI=1S/C13H22BrN3O/c1-4-8-17-13(11(14)10-15-17)12(18)7-9-16(5-2)6-3/h10H,4-9H2,1-3H3. The minimum Gasteiger partial charge on any atom is -0.303 e. The van der Waals surface area contributed by atoms with Gasteiger partial charge in [-0.05, 0) is 35.4 Å². The van der Waals surface area contributed by atoms with Crippen LogP contribution in [0.4, 0.5) is 0 Å². The molecule has 0 unspecified atom stereocenters. The van der Waals surface area contributed by atoms with Crippen LogP contribution < -0.4 is 0 Å². The fraction of sp³-hybridized carbons (Fsp3) is 0.692. The number of rotatable bonds is 8. The van der Waals surface area contributed by atoms with E-state index in [-0.39, 0.29) is 5.78 Å². The van der Waals surface area contributed by atoms with Gasteiger partial charge in [0.2, 0.25) is 0 Å². The zero-order chi connectivity index (χ0) is 13.5. The van der Waals surface area contributed by atoms with Crippen molar-refractivity contribution in [2.24, 2.45) is 0 Å². The molecule has 0 amide bonds. The SMILES string of the molecule is CCCn1ncc(Br)c1C(=O)CCN(CC)CC. The molecule has 0 saturated carbocycles. The minimum absolute atomic E-state index is 0.166. The maximum atomic E-state index is 12.2. The van der Waals surface area contributed by atoms with Gasteiger partial charge in [0.05, 0.1) is 10.7 Å². The van der Waals surface area contributed by atoms with Gasteiger partial charge in [-0.25, -0.2) is 0 Å². The maximum absolute atomic E-state index is 12.2. The number of nitrogens with zero attached hydrogens (tertiary/aromatic N) is 3. The second kappa shape index (κ2) is 7.69. The first-order valence-corrected chi connectivity index (χ1v) is 7.40. The third-order valence-corrected chi connectivity index (χ3v) is 3.62. The number of aryl methyl sites for hydroxylation is 1. The summed E-state index contributed by atoms with van der Waals surface area (Å²) in [6.07, 6.45) is 3.24. The molecule has 0 fully saturated rings. The lowest BCUT2D eigenvalue weighted by atomic mass is 10.2. The summed E-state index contributed by atoms with van der Waals surface area (Å²) in [6.45, 7) is 9.89. The predicted molar refractivity (Wildman–Crippen MR) is 77.0 cm³/mol. The lowest BCUT2D eigenvalue weighted by Crippen LogP contribution is -2.26. The lowest BCUT2D eigenvalue weighted by Gasteiger charge is -2.17. The maximum Gasteiger partial charge on any atom is 0.183 e. The van der Waals surface area contributed by atoms with Gasteiger partial charge in [0.25, 0.3) is 0 Å². The van der Waals surface area contributed by atoms with Crippen molar-refractivity contribution < 1.29 is 4.79 Å². The van der Waals surface area contributed by atoms with E-state index in [2.05, 4.69) is 46.7 Å². The molecule has 0 bridgehead atoms. The van der Waals surface area contributed by atoms with Crippen molar-refractivity contribution in [2.45, 2.75) is 40.2 Å². The molecule has 0 aliphatic rings. The molecule has 0 spiro atoms. The molecule has 0 atom stereocenters. The lowest BCUT2D eigenvalue weighted by molar-refractivity contribution is 0.0955. The Balaban J connectivity index is 2.68. The highest BCUT2D eigenvalue weighted by Crippen LogP contribution is 2.18. The van der Waals surface area contributed by atoms with Gasteiger partial charge in [-0.3, -0.25) is 9.48 Å².